The summed E-state index contributed by atoms with van der Waals surface area (Å²) in [6.07, 6.45) is 17.3. The summed E-state index contributed by atoms with van der Waals surface area (Å²) < 4.78 is 12.2. The van der Waals surface area contributed by atoms with Crippen molar-refractivity contribution < 1.29 is 29.0 Å². The van der Waals surface area contributed by atoms with Crippen molar-refractivity contribution >= 4 is 23.7 Å². The molecule has 1 spiro atoms. The fraction of sp³-hybridized carbons (Fsp3) is 0.714. The van der Waals surface area contributed by atoms with Crippen LogP contribution in [-0.4, -0.2) is 51.4 Å². The highest BCUT2D eigenvalue weighted by molar-refractivity contribution is 7.99. The van der Waals surface area contributed by atoms with Crippen LogP contribution in [0.2, 0.25) is 0 Å². The summed E-state index contributed by atoms with van der Waals surface area (Å²) in [6.45, 7) is 5.97. The topological polar surface area (TPSA) is 126 Å². The first kappa shape index (κ1) is 25.9. The highest BCUT2D eigenvalue weighted by atomic mass is 32.2. The molecule has 0 amide bonds. The van der Waals surface area contributed by atoms with Gasteiger partial charge in [-0.2, -0.15) is 11.8 Å². The normalized spacial score (nSPS) is 42.0. The molecule has 2 heterocycles. The van der Waals surface area contributed by atoms with Gasteiger partial charge in [0.1, 0.15) is 5.60 Å². The number of nitrogens with two attached hydrogens (primary N) is 1. The molecule has 4 N–H and O–H groups in total. The fourth-order valence-corrected chi connectivity index (χ4v) is 9.76. The van der Waals surface area contributed by atoms with Crippen LogP contribution >= 0.6 is 11.8 Å². The molecule has 1 aromatic heterocycles. The average molecular weight is 518 g/mol. The van der Waals surface area contributed by atoms with Gasteiger partial charge in [0, 0.05) is 10.7 Å². The van der Waals surface area contributed by atoms with Gasteiger partial charge < -0.3 is 25.1 Å². The Morgan fingerprint density at radius 2 is 1.94 bits per heavy atom. The highest BCUT2D eigenvalue weighted by Crippen LogP contribution is 2.77. The van der Waals surface area contributed by atoms with Crippen LogP contribution < -0.4 is 5.73 Å². The quantitative estimate of drug-likeness (QED) is 0.214. The smallest absolute Gasteiger partial charge is 0.414 e. The van der Waals surface area contributed by atoms with Crippen LogP contribution in [0.15, 0.2) is 34.7 Å². The Morgan fingerprint density at radius 3 is 2.61 bits per heavy atom. The Kier molecular flexibility index (Phi) is 6.84. The van der Waals surface area contributed by atoms with E-state index in [2.05, 4.69) is 37.8 Å². The van der Waals surface area contributed by atoms with Gasteiger partial charge in [0.05, 0.1) is 18.6 Å². The third-order valence-corrected chi connectivity index (χ3v) is 11.7. The lowest BCUT2D eigenvalue weighted by atomic mass is 9.46. The largest absolute Gasteiger partial charge is 0.473 e. The predicted octanol–water partition coefficient (Wildman–Crippen LogP) is 5.06. The molecule has 0 unspecified atom stereocenters. The van der Waals surface area contributed by atoms with Gasteiger partial charge in [-0.3, -0.25) is 0 Å². The number of aliphatic carboxylic acids is 2. The van der Waals surface area contributed by atoms with E-state index in [4.69, 9.17) is 34.7 Å². The summed E-state index contributed by atoms with van der Waals surface area (Å²) in [4.78, 5) is 18.2. The number of hydrogen-bond acceptors (Lipinski definition) is 6. The maximum absolute atomic E-state index is 9.10. The summed E-state index contributed by atoms with van der Waals surface area (Å²) in [5.74, 6) is -0.320. The zero-order valence-electron chi connectivity index (χ0n) is 21.3. The van der Waals surface area contributed by atoms with Crippen LogP contribution in [0.5, 0.6) is 0 Å². The van der Waals surface area contributed by atoms with Crippen LogP contribution in [0, 0.1) is 22.7 Å². The monoisotopic (exact) mass is 517 g/mol. The first-order valence-corrected chi connectivity index (χ1v) is 14.4. The van der Waals surface area contributed by atoms with Gasteiger partial charge in [-0.1, -0.05) is 25.5 Å². The molecule has 4 aliphatic carbocycles. The van der Waals surface area contributed by atoms with E-state index in [9.17, 15) is 0 Å². The molecule has 0 bridgehead atoms. The number of allylic oxidation sites excluding steroid dienone is 2. The Morgan fingerprint density at radius 1 is 1.17 bits per heavy atom. The minimum Gasteiger partial charge on any atom is -0.473 e. The Balaban J connectivity index is 0.000000400. The van der Waals surface area contributed by atoms with E-state index in [1.165, 1.54) is 56.3 Å². The zero-order chi connectivity index (χ0) is 25.7. The van der Waals surface area contributed by atoms with Crippen molar-refractivity contribution in [2.24, 2.45) is 28.4 Å². The van der Waals surface area contributed by atoms with E-state index < -0.39 is 11.9 Å². The van der Waals surface area contributed by atoms with Gasteiger partial charge in [-0.15, -0.1) is 0 Å². The molecule has 36 heavy (non-hydrogen) atoms. The second kappa shape index (κ2) is 9.52. The van der Waals surface area contributed by atoms with Crippen molar-refractivity contribution in [1.82, 2.24) is 0 Å². The Bertz CT molecular complexity index is 1010. The molecule has 3 saturated carbocycles. The first-order valence-electron chi connectivity index (χ1n) is 13.3. The van der Waals surface area contributed by atoms with Gasteiger partial charge in [-0.25, -0.2) is 9.59 Å². The van der Waals surface area contributed by atoms with Gasteiger partial charge in [-0.05, 0) is 98.5 Å². The lowest BCUT2D eigenvalue weighted by Crippen LogP contribution is -2.55. The van der Waals surface area contributed by atoms with Crippen molar-refractivity contribution in [1.29, 1.82) is 0 Å². The maximum atomic E-state index is 9.10. The summed E-state index contributed by atoms with van der Waals surface area (Å²) in [5, 5.41) is 15.6. The van der Waals surface area contributed by atoms with E-state index in [0.717, 1.165) is 24.1 Å². The number of thioether (sulfide) groups is 1. The van der Waals surface area contributed by atoms with E-state index in [-0.39, 0.29) is 11.0 Å². The molecular formula is C28H39NO6S. The second-order valence-corrected chi connectivity index (χ2v) is 13.2. The molecule has 8 heteroatoms. The number of hydrogen-bond donors (Lipinski definition) is 3. The van der Waals surface area contributed by atoms with Gasteiger partial charge in [0.15, 0.2) is 0 Å². The SMILES string of the molecule is C[C@]12CC[C@H](SCCCN)CC1=CC[C@@H]1[C@@H]2CC[C@]2(C)[C@@H](c3ccoc3)C[C@H]3O[C@]132.O=C(O)C(=O)O. The number of epoxide rings is 1. The number of ether oxygens (including phenoxy) is 1. The van der Waals surface area contributed by atoms with Crippen molar-refractivity contribution in [3.8, 4) is 0 Å². The van der Waals surface area contributed by atoms with Gasteiger partial charge in [0.25, 0.3) is 0 Å². The van der Waals surface area contributed by atoms with Crippen LogP contribution in [-0.2, 0) is 14.3 Å². The third kappa shape index (κ3) is 3.95. The number of carboxylic acid groups (broad SMARTS) is 2. The van der Waals surface area contributed by atoms with Crippen molar-refractivity contribution in [2.75, 3.05) is 12.3 Å². The minimum absolute atomic E-state index is 0.121. The Hall–Kier alpha value is -1.77. The van der Waals surface area contributed by atoms with E-state index in [1.807, 2.05) is 12.5 Å². The molecule has 8 atom stereocenters. The molecule has 1 aliphatic heterocycles. The predicted molar refractivity (Wildman–Crippen MR) is 138 cm³/mol. The summed E-state index contributed by atoms with van der Waals surface area (Å²) in [7, 11) is 0. The maximum Gasteiger partial charge on any atom is 0.414 e. The average Bonchev–Trinajstić information content (AvgIpc) is 3.19. The molecule has 1 aromatic rings. The summed E-state index contributed by atoms with van der Waals surface area (Å²) >= 11 is 2.17. The van der Waals surface area contributed by atoms with Crippen LogP contribution in [0.25, 0.3) is 0 Å². The van der Waals surface area contributed by atoms with E-state index in [1.54, 1.807) is 5.57 Å². The van der Waals surface area contributed by atoms with Crippen LogP contribution in [0.4, 0.5) is 0 Å². The van der Waals surface area contributed by atoms with Crippen LogP contribution in [0.3, 0.4) is 0 Å². The number of carbonyl (C=O) groups is 2. The van der Waals surface area contributed by atoms with E-state index >= 15 is 0 Å². The number of rotatable bonds is 5. The van der Waals surface area contributed by atoms with Gasteiger partial charge >= 0.3 is 11.9 Å². The number of furan rings is 1. The second-order valence-electron chi connectivity index (χ2n) is 11.8. The number of fused-ring (bicyclic) bond motifs is 3. The molecule has 0 aromatic carbocycles. The zero-order valence-corrected chi connectivity index (χ0v) is 22.1. The van der Waals surface area contributed by atoms with E-state index in [0.29, 0.717) is 23.4 Å². The van der Waals surface area contributed by atoms with Gasteiger partial charge in [0.2, 0.25) is 0 Å². The van der Waals surface area contributed by atoms with Crippen molar-refractivity contribution in [3.05, 3.63) is 35.8 Å². The molecule has 5 aliphatic rings. The Labute approximate surface area is 217 Å². The molecule has 198 valence electrons. The first-order chi connectivity index (χ1) is 17.2. The van der Waals surface area contributed by atoms with Crippen molar-refractivity contribution in [2.45, 2.75) is 88.1 Å². The lowest BCUT2D eigenvalue weighted by molar-refractivity contribution is -0.159. The van der Waals surface area contributed by atoms with Crippen LogP contribution in [0.1, 0.15) is 76.7 Å². The fourth-order valence-electron chi connectivity index (χ4n) is 8.51. The highest BCUT2D eigenvalue weighted by Gasteiger charge is 2.80. The molecule has 4 fully saturated rings. The molecule has 0 radical (unpaired) electrons. The molecule has 6 rings (SSSR count). The lowest BCUT2D eigenvalue weighted by Gasteiger charge is -2.58. The van der Waals surface area contributed by atoms with Crippen molar-refractivity contribution in [3.63, 3.8) is 0 Å². The third-order valence-electron chi connectivity index (χ3n) is 10.3. The standard InChI is InChI=1S/C26H37NO2S.C2H2O4/c1-24-9-6-19(30-13-3-11-27)14-18(24)4-5-21-20(24)7-10-25(2)22(17-8-12-28-16-17)15-23-26(21,25)29-23;3-1(4)2(5)6/h4,8,12,16,19-23H,3,5-7,9-11,13-15,27H2,1-2H3;(H,3,4)(H,5,6)/t19-,20-,21+,22+,23+,24-,25+,26+;/m0./s1. The molecule has 1 saturated heterocycles. The molecule has 7 nitrogen and oxygen atoms in total. The number of carboxylic acids is 2. The summed E-state index contributed by atoms with van der Waals surface area (Å²) in [5.41, 5.74) is 9.68. The molecular weight excluding hydrogens is 478 g/mol. The summed E-state index contributed by atoms with van der Waals surface area (Å²) in [6, 6.07) is 2.20. The minimum atomic E-state index is -1.82.